The Morgan fingerprint density at radius 1 is 0.868 bits per heavy atom. The number of ether oxygens (including phenoxy) is 1. The van der Waals surface area contributed by atoms with Crippen molar-refractivity contribution in [3.8, 4) is 5.75 Å². The molecule has 7 bridgehead atoms. The number of phenolic OH excluding ortho intramolecular Hbond substituents is 1. The van der Waals surface area contributed by atoms with Gasteiger partial charge in [-0.25, -0.2) is 0 Å². The predicted molar refractivity (Wildman–Crippen MR) is 296 cm³/mol. The fourth-order valence-electron chi connectivity index (χ4n) is 23.2. The predicted octanol–water partition coefficient (Wildman–Crippen LogP) is 10.6. The second kappa shape index (κ2) is 18.5. The quantitative estimate of drug-likeness (QED) is 0.0995. The van der Waals surface area contributed by atoms with E-state index in [2.05, 4.69) is 55.7 Å². The number of carbonyl (C=O) groups excluding carboxylic acids is 2. The van der Waals surface area contributed by atoms with Gasteiger partial charge < -0.3 is 41.5 Å². The highest BCUT2D eigenvalue weighted by atomic mass is 16.6. The Morgan fingerprint density at radius 3 is 2.42 bits per heavy atom. The molecule has 9 aliphatic carbocycles. The lowest BCUT2D eigenvalue weighted by atomic mass is 9.30. The van der Waals surface area contributed by atoms with Crippen LogP contribution in [0.2, 0.25) is 0 Å². The Balaban J connectivity index is 0.990. The zero-order valence-electron chi connectivity index (χ0n) is 46.8. The van der Waals surface area contributed by atoms with Gasteiger partial charge in [0.05, 0.1) is 22.7 Å². The van der Waals surface area contributed by atoms with E-state index in [4.69, 9.17) is 10.5 Å². The van der Waals surface area contributed by atoms with E-state index < -0.39 is 44.4 Å². The van der Waals surface area contributed by atoms with E-state index >= 15 is 9.59 Å². The van der Waals surface area contributed by atoms with Crippen molar-refractivity contribution in [2.75, 3.05) is 25.9 Å². The minimum atomic E-state index is -0.919. The average molecular weight is 1040 g/mol. The first kappa shape index (κ1) is 52.3. The summed E-state index contributed by atoms with van der Waals surface area (Å²) >= 11 is 0. The number of aromatic hydroxyl groups is 1. The average Bonchev–Trinajstić information content (AvgIpc) is 3.71. The van der Waals surface area contributed by atoms with Gasteiger partial charge in [-0.15, -0.1) is 0 Å². The maximum atomic E-state index is 16.7. The summed E-state index contributed by atoms with van der Waals surface area (Å²) in [5, 5.41) is 57.0. The molecule has 10 heteroatoms. The number of β-amino-alcohol motifs (C(OH)–C–C–N with tert-alkyl or cyclic N) is 1. The third-order valence-electron chi connectivity index (χ3n) is 25.6. The summed E-state index contributed by atoms with van der Waals surface area (Å²) in [6.07, 6.45) is 18.6. The van der Waals surface area contributed by atoms with Gasteiger partial charge in [0.15, 0.2) is 5.78 Å². The molecule has 76 heavy (non-hydrogen) atoms. The molecule has 0 aromatic heterocycles. The molecule has 2 aliphatic heterocycles. The smallest absolute Gasteiger partial charge is 0.160 e. The number of allylic oxidation sites excluding steroid dienone is 2. The molecule has 2 saturated heterocycles. The lowest BCUT2D eigenvalue weighted by molar-refractivity contribution is -0.232. The Labute approximate surface area is 453 Å². The van der Waals surface area contributed by atoms with E-state index in [1.807, 2.05) is 32.2 Å². The van der Waals surface area contributed by atoms with Gasteiger partial charge >= 0.3 is 0 Å². The van der Waals surface area contributed by atoms with Crippen LogP contribution in [0.3, 0.4) is 0 Å². The maximum absolute atomic E-state index is 16.7. The van der Waals surface area contributed by atoms with E-state index in [0.29, 0.717) is 74.0 Å². The highest BCUT2D eigenvalue weighted by Gasteiger charge is 2.78. The van der Waals surface area contributed by atoms with Crippen molar-refractivity contribution in [3.63, 3.8) is 0 Å². The van der Waals surface area contributed by atoms with Crippen LogP contribution in [0, 0.1) is 74.9 Å². The fourth-order valence-corrected chi connectivity index (χ4v) is 23.2. The van der Waals surface area contributed by atoms with Crippen LogP contribution in [0.15, 0.2) is 53.6 Å². The van der Waals surface area contributed by atoms with E-state index in [-0.39, 0.29) is 60.0 Å². The number of fused-ring (bicyclic) bond motifs is 2. The number of nitrogen functional groups attached to an aromatic ring is 1. The van der Waals surface area contributed by atoms with Gasteiger partial charge in [-0.2, -0.15) is 0 Å². The Bertz CT molecular complexity index is 2670. The van der Waals surface area contributed by atoms with Crippen LogP contribution < -0.4 is 16.4 Å². The number of benzene rings is 2. The standard InChI is InChI=1S/C66H93N3O7/c1-60(75)24-6-7-25-61(2)57-50(69-37-60)32-66-42(35-70)20-18-39-12-8-13-40-19-21-47(56(73)58-63(4,76-58)48-17-10-16-46(48)41-14-9-15-44(67)30-41)54(53(39)40)55-49-22-23-52(66)62(57,3)36-64(59(61)74,26-11-27-65(49,66)33-51(55)72)43-28-38(34-68-5)29-45(71)31-43/h9,14-15,28-31,39-40,42,46-48,50,52-54,56-58,68-71,73,75H,6-8,10-13,16-27,32-37,67H2,1-5H3. The summed E-state index contributed by atoms with van der Waals surface area (Å²) in [7, 11) is 1.93. The van der Waals surface area contributed by atoms with Gasteiger partial charge in [0, 0.05) is 48.7 Å². The molecule has 20 unspecified atom stereocenters. The molecule has 2 heterocycles. The number of Topliss-reactive ketones (excluding diaryl/α,β-unsaturated/α-hetero) is 2. The molecular formula is C66H93N3O7. The third kappa shape index (κ3) is 7.43. The highest BCUT2D eigenvalue weighted by molar-refractivity contribution is 6.01. The van der Waals surface area contributed by atoms with Crippen LogP contribution in [0.25, 0.3) is 0 Å². The zero-order chi connectivity index (χ0) is 53.0. The second-order valence-electron chi connectivity index (χ2n) is 29.1. The molecule has 10 nitrogen and oxygen atoms in total. The Kier molecular flexibility index (Phi) is 12.7. The maximum Gasteiger partial charge on any atom is 0.160 e. The molecule has 20 atom stereocenters. The highest BCUT2D eigenvalue weighted by Crippen LogP contribution is 2.81. The topological polar surface area (TPSA) is 178 Å². The van der Waals surface area contributed by atoms with Gasteiger partial charge in [0.25, 0.3) is 0 Å². The van der Waals surface area contributed by atoms with Gasteiger partial charge in [0.2, 0.25) is 0 Å². The normalized spacial score (nSPS) is 48.1. The largest absolute Gasteiger partial charge is 0.508 e. The number of hydrogen-bond donors (Lipinski definition) is 7. The number of ketones is 2. The SMILES string of the molecule is CNCc1cc(O)cc(C23CCCC45CC(=O)C6=C4CCC4C(C)(C2)C2C(CC45C(CO)CCC4CCCC5CCC(C(O)C7OC7(C)C7CCCC7c7cccc(N)c7)C6C54)NCC(C)(O)CCCCC2(C)C3=O)c1. The summed E-state index contributed by atoms with van der Waals surface area (Å²) in [6, 6.07) is 14.3. The number of aliphatic hydroxyl groups excluding tert-OH is 2. The van der Waals surface area contributed by atoms with Crippen molar-refractivity contribution in [2.24, 2.45) is 74.9 Å². The first-order valence-electron chi connectivity index (χ1n) is 31.0. The molecular weight excluding hydrogens is 947 g/mol. The molecule has 2 aromatic carbocycles. The summed E-state index contributed by atoms with van der Waals surface area (Å²) < 4.78 is 6.97. The molecule has 11 aliphatic rings. The lowest BCUT2D eigenvalue weighted by Gasteiger charge is -2.74. The van der Waals surface area contributed by atoms with Crippen molar-refractivity contribution in [2.45, 2.75) is 216 Å². The first-order valence-corrected chi connectivity index (χ1v) is 31.0. The summed E-state index contributed by atoms with van der Waals surface area (Å²) in [4.78, 5) is 33.1. The second-order valence-corrected chi connectivity index (χ2v) is 29.1. The molecule has 7 saturated carbocycles. The number of epoxide rings is 1. The molecule has 414 valence electrons. The molecule has 8 N–H and O–H groups in total. The number of aliphatic hydroxyl groups is 3. The van der Waals surface area contributed by atoms with Gasteiger partial charge in [-0.3, -0.25) is 9.59 Å². The third-order valence-corrected chi connectivity index (χ3v) is 25.6. The minimum absolute atomic E-state index is 0.0286. The Morgan fingerprint density at radius 2 is 1.64 bits per heavy atom. The van der Waals surface area contributed by atoms with Crippen molar-refractivity contribution < 1.29 is 34.8 Å². The van der Waals surface area contributed by atoms with Crippen LogP contribution in [-0.4, -0.2) is 81.6 Å². The van der Waals surface area contributed by atoms with Crippen molar-refractivity contribution in [3.05, 3.63) is 70.3 Å². The molecule has 2 spiro atoms. The minimum Gasteiger partial charge on any atom is -0.508 e. The van der Waals surface area contributed by atoms with Crippen molar-refractivity contribution in [1.29, 1.82) is 0 Å². The molecule has 2 aromatic rings. The summed E-state index contributed by atoms with van der Waals surface area (Å²) in [5.41, 5.74) is 8.49. The van der Waals surface area contributed by atoms with E-state index in [1.165, 1.54) is 24.0 Å². The van der Waals surface area contributed by atoms with Crippen LogP contribution in [0.4, 0.5) is 5.69 Å². The van der Waals surface area contributed by atoms with Crippen LogP contribution in [0.1, 0.15) is 192 Å². The van der Waals surface area contributed by atoms with E-state index in [9.17, 15) is 20.4 Å². The van der Waals surface area contributed by atoms with Gasteiger partial charge in [-0.1, -0.05) is 82.6 Å². The van der Waals surface area contributed by atoms with Crippen LogP contribution in [0.5, 0.6) is 5.75 Å². The number of anilines is 1. The number of nitrogens with two attached hydrogens (primary N) is 1. The van der Waals surface area contributed by atoms with Crippen molar-refractivity contribution in [1.82, 2.24) is 10.6 Å². The first-order chi connectivity index (χ1) is 36.4. The monoisotopic (exact) mass is 1040 g/mol. The number of hydrogen-bond acceptors (Lipinski definition) is 10. The van der Waals surface area contributed by atoms with Crippen molar-refractivity contribution >= 4 is 17.3 Å². The van der Waals surface area contributed by atoms with Gasteiger partial charge in [-0.05, 0) is 227 Å². The summed E-state index contributed by atoms with van der Waals surface area (Å²) in [6.45, 7) is 10.2. The number of carbonyl (C=O) groups is 2. The molecule has 9 fully saturated rings. The van der Waals surface area contributed by atoms with Crippen LogP contribution in [-0.2, 0) is 26.3 Å². The van der Waals surface area contributed by atoms with Gasteiger partial charge in [0.1, 0.15) is 17.6 Å². The molecule has 0 amide bonds. The summed E-state index contributed by atoms with van der Waals surface area (Å²) in [5.74, 6) is 2.55. The number of rotatable bonds is 8. The Hall–Kier alpha value is -3.12. The van der Waals surface area contributed by atoms with E-state index in [1.54, 1.807) is 0 Å². The fraction of sp³-hybridized carbons (Fsp3) is 0.758. The molecule has 13 rings (SSSR count). The number of nitrogens with one attached hydrogen (secondary N) is 2. The van der Waals surface area contributed by atoms with E-state index in [0.717, 1.165) is 125 Å². The lowest BCUT2D eigenvalue weighted by Crippen LogP contribution is -2.74. The van der Waals surface area contributed by atoms with Crippen LogP contribution >= 0.6 is 0 Å². The zero-order valence-corrected chi connectivity index (χ0v) is 46.8. The molecule has 0 radical (unpaired) electrons. The number of phenols is 1.